The lowest BCUT2D eigenvalue weighted by atomic mass is 10.1. The normalized spacial score (nSPS) is 10.2. The number of carbonyl (C=O) groups is 1. The largest absolute Gasteiger partial charge is 0.496 e. The number of hydrogen-bond acceptors (Lipinski definition) is 4. The summed E-state index contributed by atoms with van der Waals surface area (Å²) in [6.45, 7) is 3.55. The highest BCUT2D eigenvalue weighted by Crippen LogP contribution is 2.17. The second kappa shape index (κ2) is 9.55. The maximum absolute atomic E-state index is 11.9. The molecule has 0 atom stereocenters. The van der Waals surface area contributed by atoms with Gasteiger partial charge in [0.2, 0.25) is 0 Å². The van der Waals surface area contributed by atoms with Gasteiger partial charge in [-0.2, -0.15) is 0 Å². The standard InChI is InChI=1S/C19H25N3O2/c1-3-4-12-21-19(23)17-10-9-16(14-22-17)20-13-11-15-7-5-6-8-18(15)24-2/h5-10,14,20H,3-4,11-13H2,1-2H3,(H,21,23). The average Bonchev–Trinajstić information content (AvgIpc) is 2.63. The lowest BCUT2D eigenvalue weighted by molar-refractivity contribution is 0.0948. The van der Waals surface area contributed by atoms with Crippen molar-refractivity contribution in [1.82, 2.24) is 10.3 Å². The van der Waals surface area contributed by atoms with Crippen LogP contribution >= 0.6 is 0 Å². The number of nitrogens with one attached hydrogen (secondary N) is 2. The average molecular weight is 327 g/mol. The number of pyridine rings is 1. The number of methoxy groups -OCH3 is 1. The van der Waals surface area contributed by atoms with E-state index >= 15 is 0 Å². The number of rotatable bonds is 9. The molecule has 0 bridgehead atoms. The van der Waals surface area contributed by atoms with E-state index in [1.165, 1.54) is 0 Å². The van der Waals surface area contributed by atoms with Gasteiger partial charge in [-0.15, -0.1) is 0 Å². The summed E-state index contributed by atoms with van der Waals surface area (Å²) in [7, 11) is 1.68. The van der Waals surface area contributed by atoms with Gasteiger partial charge in [-0.1, -0.05) is 31.5 Å². The molecule has 0 saturated carbocycles. The summed E-state index contributed by atoms with van der Waals surface area (Å²) in [5, 5.41) is 6.17. The van der Waals surface area contributed by atoms with Crippen LogP contribution in [0.5, 0.6) is 5.75 Å². The third kappa shape index (κ3) is 5.26. The molecule has 0 aliphatic heterocycles. The minimum absolute atomic E-state index is 0.121. The molecule has 1 heterocycles. The van der Waals surface area contributed by atoms with Gasteiger partial charge in [0.15, 0.2) is 0 Å². The quantitative estimate of drug-likeness (QED) is 0.694. The molecule has 1 aromatic heterocycles. The molecule has 2 aromatic rings. The number of unbranched alkanes of at least 4 members (excludes halogenated alkanes) is 1. The predicted octanol–water partition coefficient (Wildman–Crippen LogP) is 3.27. The van der Waals surface area contributed by atoms with Crippen molar-refractivity contribution >= 4 is 11.6 Å². The summed E-state index contributed by atoms with van der Waals surface area (Å²) in [4.78, 5) is 16.1. The molecule has 0 spiro atoms. The van der Waals surface area contributed by atoms with E-state index in [4.69, 9.17) is 4.74 Å². The summed E-state index contributed by atoms with van der Waals surface area (Å²) in [5.74, 6) is 0.778. The van der Waals surface area contributed by atoms with Gasteiger partial charge in [0.25, 0.3) is 5.91 Å². The second-order valence-electron chi connectivity index (χ2n) is 5.53. The van der Waals surface area contributed by atoms with Crippen LogP contribution in [0.2, 0.25) is 0 Å². The van der Waals surface area contributed by atoms with Crippen LogP contribution in [0.4, 0.5) is 5.69 Å². The molecule has 2 N–H and O–H groups in total. The van der Waals surface area contributed by atoms with E-state index in [1.807, 2.05) is 24.3 Å². The monoisotopic (exact) mass is 327 g/mol. The van der Waals surface area contributed by atoms with Crippen molar-refractivity contribution in [2.75, 3.05) is 25.5 Å². The summed E-state index contributed by atoms with van der Waals surface area (Å²) in [6.07, 6.45) is 4.58. The molecule has 0 aliphatic carbocycles. The Morgan fingerprint density at radius 3 is 2.71 bits per heavy atom. The van der Waals surface area contributed by atoms with E-state index in [9.17, 15) is 4.79 Å². The zero-order chi connectivity index (χ0) is 17.2. The molecule has 0 unspecified atom stereocenters. The minimum Gasteiger partial charge on any atom is -0.496 e. The summed E-state index contributed by atoms with van der Waals surface area (Å²) >= 11 is 0. The molecular formula is C19H25N3O2. The number of carbonyl (C=O) groups excluding carboxylic acids is 1. The first kappa shape index (κ1) is 17.8. The van der Waals surface area contributed by atoms with Crippen molar-refractivity contribution in [3.63, 3.8) is 0 Å². The third-order valence-electron chi connectivity index (χ3n) is 3.73. The van der Waals surface area contributed by atoms with Crippen molar-refractivity contribution in [3.05, 3.63) is 53.9 Å². The molecule has 5 nitrogen and oxygen atoms in total. The second-order valence-corrected chi connectivity index (χ2v) is 5.53. The fraction of sp³-hybridized carbons (Fsp3) is 0.368. The summed E-state index contributed by atoms with van der Waals surface area (Å²) < 4.78 is 5.35. The Hall–Kier alpha value is -2.56. The van der Waals surface area contributed by atoms with Crippen molar-refractivity contribution in [2.24, 2.45) is 0 Å². The van der Waals surface area contributed by atoms with Gasteiger partial charge in [0.05, 0.1) is 19.0 Å². The Bertz CT molecular complexity index is 641. The van der Waals surface area contributed by atoms with Crippen LogP contribution in [-0.4, -0.2) is 31.1 Å². The molecule has 0 aliphatic rings. The van der Waals surface area contributed by atoms with Gasteiger partial charge < -0.3 is 15.4 Å². The van der Waals surface area contributed by atoms with Gasteiger partial charge >= 0.3 is 0 Å². The number of aromatic nitrogens is 1. The number of benzene rings is 1. The smallest absolute Gasteiger partial charge is 0.269 e. The Labute approximate surface area is 143 Å². The topological polar surface area (TPSA) is 63.2 Å². The first-order valence-electron chi connectivity index (χ1n) is 8.34. The molecule has 1 aromatic carbocycles. The van der Waals surface area contributed by atoms with Crippen LogP contribution in [0.3, 0.4) is 0 Å². The van der Waals surface area contributed by atoms with E-state index in [0.29, 0.717) is 12.2 Å². The van der Waals surface area contributed by atoms with Crippen LogP contribution in [0.15, 0.2) is 42.6 Å². The lowest BCUT2D eigenvalue weighted by Crippen LogP contribution is -2.25. The maximum atomic E-state index is 11.9. The van der Waals surface area contributed by atoms with E-state index in [1.54, 1.807) is 19.4 Å². The van der Waals surface area contributed by atoms with E-state index < -0.39 is 0 Å². The van der Waals surface area contributed by atoms with Crippen molar-refractivity contribution < 1.29 is 9.53 Å². The molecule has 0 fully saturated rings. The first-order valence-corrected chi connectivity index (χ1v) is 8.34. The van der Waals surface area contributed by atoms with Crippen LogP contribution < -0.4 is 15.4 Å². The van der Waals surface area contributed by atoms with Gasteiger partial charge in [-0.05, 0) is 36.6 Å². The number of nitrogens with zero attached hydrogens (tertiary/aromatic N) is 1. The number of ether oxygens (including phenoxy) is 1. The highest BCUT2D eigenvalue weighted by molar-refractivity contribution is 5.92. The van der Waals surface area contributed by atoms with E-state index in [-0.39, 0.29) is 5.91 Å². The van der Waals surface area contributed by atoms with Crippen molar-refractivity contribution in [3.8, 4) is 5.75 Å². The fourth-order valence-electron chi connectivity index (χ4n) is 2.35. The Morgan fingerprint density at radius 1 is 1.17 bits per heavy atom. The van der Waals surface area contributed by atoms with Gasteiger partial charge in [-0.25, -0.2) is 4.98 Å². The van der Waals surface area contributed by atoms with E-state index in [0.717, 1.165) is 42.8 Å². The lowest BCUT2D eigenvalue weighted by Gasteiger charge is -2.10. The van der Waals surface area contributed by atoms with Crippen LogP contribution in [0.25, 0.3) is 0 Å². The number of anilines is 1. The van der Waals surface area contributed by atoms with Crippen molar-refractivity contribution in [1.29, 1.82) is 0 Å². The van der Waals surface area contributed by atoms with Crippen LogP contribution in [0, 0.1) is 0 Å². The third-order valence-corrected chi connectivity index (χ3v) is 3.73. The summed E-state index contributed by atoms with van der Waals surface area (Å²) in [5.41, 5.74) is 2.50. The van der Waals surface area contributed by atoms with Crippen molar-refractivity contribution in [2.45, 2.75) is 26.2 Å². The molecule has 1 amide bonds. The number of amides is 1. The van der Waals surface area contributed by atoms with Gasteiger partial charge in [-0.3, -0.25) is 4.79 Å². The summed E-state index contributed by atoms with van der Waals surface area (Å²) in [6, 6.07) is 11.6. The molecule has 128 valence electrons. The fourth-order valence-corrected chi connectivity index (χ4v) is 2.35. The Balaban J connectivity index is 1.82. The predicted molar refractivity (Wildman–Crippen MR) is 96.7 cm³/mol. The van der Waals surface area contributed by atoms with Gasteiger partial charge in [0, 0.05) is 13.1 Å². The van der Waals surface area contributed by atoms with Gasteiger partial charge in [0.1, 0.15) is 11.4 Å². The van der Waals surface area contributed by atoms with E-state index in [2.05, 4.69) is 28.6 Å². The molecule has 0 radical (unpaired) electrons. The van der Waals surface area contributed by atoms with Crippen LogP contribution in [-0.2, 0) is 6.42 Å². The Kier molecular flexibility index (Phi) is 7.08. The zero-order valence-corrected chi connectivity index (χ0v) is 14.3. The highest BCUT2D eigenvalue weighted by atomic mass is 16.5. The molecule has 5 heteroatoms. The first-order chi connectivity index (χ1) is 11.7. The molecule has 24 heavy (non-hydrogen) atoms. The maximum Gasteiger partial charge on any atom is 0.269 e. The number of para-hydroxylation sites is 1. The molecular weight excluding hydrogens is 302 g/mol. The minimum atomic E-state index is -0.121. The number of hydrogen-bond donors (Lipinski definition) is 2. The molecule has 0 saturated heterocycles. The Morgan fingerprint density at radius 2 is 2.00 bits per heavy atom. The highest BCUT2D eigenvalue weighted by Gasteiger charge is 2.06. The SMILES string of the molecule is CCCCNC(=O)c1ccc(NCCc2ccccc2OC)cn1. The molecule has 2 rings (SSSR count). The zero-order valence-electron chi connectivity index (χ0n) is 14.3. The van der Waals surface area contributed by atoms with Crippen LogP contribution in [0.1, 0.15) is 35.8 Å².